The quantitative estimate of drug-likeness (QED) is 0.838. The molecule has 0 bridgehead atoms. The summed E-state index contributed by atoms with van der Waals surface area (Å²) >= 11 is 0. The molecule has 4 nitrogen and oxygen atoms in total. The van der Waals surface area contributed by atoms with E-state index in [1.165, 1.54) is 5.56 Å². The van der Waals surface area contributed by atoms with Crippen molar-refractivity contribution in [3.63, 3.8) is 0 Å². The largest absolute Gasteiger partial charge is 0.355 e. The maximum Gasteiger partial charge on any atom is 0.234 e. The standard InChI is InChI=1S/C17H27N3O/c1-14(15-5-3-2-4-6-15)7-10-19-17(21)13-20-11-8-16(18)9-12-20/h2-6,14,16H,7-13,18H2,1H3,(H,19,21). The molecule has 116 valence electrons. The first kappa shape index (κ1) is 16.0. The van der Waals surface area contributed by atoms with Crippen molar-refractivity contribution in [3.8, 4) is 0 Å². The van der Waals surface area contributed by atoms with Gasteiger partial charge in [0.2, 0.25) is 5.91 Å². The van der Waals surface area contributed by atoms with Gasteiger partial charge in [-0.1, -0.05) is 37.3 Å². The van der Waals surface area contributed by atoms with Gasteiger partial charge in [-0.3, -0.25) is 9.69 Å². The molecule has 1 heterocycles. The van der Waals surface area contributed by atoms with Crippen LogP contribution >= 0.6 is 0 Å². The van der Waals surface area contributed by atoms with Crippen LogP contribution in [0.4, 0.5) is 0 Å². The molecule has 0 aromatic heterocycles. The second-order valence-electron chi connectivity index (χ2n) is 6.06. The third kappa shape index (κ3) is 5.48. The molecule has 1 saturated heterocycles. The Morgan fingerprint density at radius 2 is 2.00 bits per heavy atom. The molecule has 4 heteroatoms. The summed E-state index contributed by atoms with van der Waals surface area (Å²) in [5.41, 5.74) is 7.20. The van der Waals surface area contributed by atoms with Crippen molar-refractivity contribution in [2.24, 2.45) is 5.73 Å². The molecule has 1 atom stereocenters. The van der Waals surface area contributed by atoms with E-state index in [9.17, 15) is 4.79 Å². The Kier molecular flexibility index (Phi) is 6.21. The molecule has 0 radical (unpaired) electrons. The lowest BCUT2D eigenvalue weighted by atomic mass is 9.98. The van der Waals surface area contributed by atoms with Crippen LogP contribution in [-0.4, -0.2) is 43.0 Å². The molecule has 1 aliphatic rings. The summed E-state index contributed by atoms with van der Waals surface area (Å²) in [6, 6.07) is 10.8. The predicted molar refractivity (Wildman–Crippen MR) is 86.1 cm³/mol. The number of carbonyl (C=O) groups excluding carboxylic acids is 1. The van der Waals surface area contributed by atoms with Gasteiger partial charge in [-0.15, -0.1) is 0 Å². The van der Waals surface area contributed by atoms with Crippen LogP contribution in [0.2, 0.25) is 0 Å². The Labute approximate surface area is 127 Å². The van der Waals surface area contributed by atoms with Gasteiger partial charge < -0.3 is 11.1 Å². The molecule has 1 aromatic rings. The molecule has 1 fully saturated rings. The monoisotopic (exact) mass is 289 g/mol. The molecule has 2 rings (SSSR count). The molecule has 0 spiro atoms. The first-order chi connectivity index (χ1) is 10.1. The van der Waals surface area contributed by atoms with Crippen molar-refractivity contribution in [1.82, 2.24) is 10.2 Å². The van der Waals surface area contributed by atoms with Crippen molar-refractivity contribution in [2.75, 3.05) is 26.2 Å². The molecule has 0 aliphatic carbocycles. The number of nitrogens with zero attached hydrogens (tertiary/aromatic N) is 1. The van der Waals surface area contributed by atoms with Crippen LogP contribution in [-0.2, 0) is 4.79 Å². The van der Waals surface area contributed by atoms with Crippen LogP contribution in [0.5, 0.6) is 0 Å². The summed E-state index contributed by atoms with van der Waals surface area (Å²) in [5, 5.41) is 3.03. The smallest absolute Gasteiger partial charge is 0.234 e. The minimum absolute atomic E-state index is 0.130. The van der Waals surface area contributed by atoms with Crippen molar-refractivity contribution in [1.29, 1.82) is 0 Å². The van der Waals surface area contributed by atoms with E-state index in [4.69, 9.17) is 5.73 Å². The maximum atomic E-state index is 11.9. The number of amides is 1. The fourth-order valence-electron chi connectivity index (χ4n) is 2.75. The van der Waals surface area contributed by atoms with E-state index in [0.29, 0.717) is 18.5 Å². The minimum atomic E-state index is 0.130. The summed E-state index contributed by atoms with van der Waals surface area (Å²) in [7, 11) is 0. The van der Waals surface area contributed by atoms with E-state index < -0.39 is 0 Å². The van der Waals surface area contributed by atoms with E-state index >= 15 is 0 Å². The van der Waals surface area contributed by atoms with Crippen LogP contribution in [0.25, 0.3) is 0 Å². The minimum Gasteiger partial charge on any atom is -0.355 e. The summed E-state index contributed by atoms with van der Waals surface area (Å²) in [4.78, 5) is 14.1. The lowest BCUT2D eigenvalue weighted by Crippen LogP contribution is -2.44. The third-order valence-electron chi connectivity index (χ3n) is 4.27. The molecule has 1 unspecified atom stereocenters. The van der Waals surface area contributed by atoms with Crippen LogP contribution in [0.1, 0.15) is 37.7 Å². The van der Waals surface area contributed by atoms with Crippen molar-refractivity contribution >= 4 is 5.91 Å². The second-order valence-corrected chi connectivity index (χ2v) is 6.06. The first-order valence-electron chi connectivity index (χ1n) is 7.94. The van der Waals surface area contributed by atoms with Gasteiger partial charge in [-0.2, -0.15) is 0 Å². The Hall–Kier alpha value is -1.39. The zero-order valence-corrected chi connectivity index (χ0v) is 12.9. The van der Waals surface area contributed by atoms with Crippen LogP contribution in [0.3, 0.4) is 0 Å². The van der Waals surface area contributed by atoms with Crippen molar-refractivity contribution in [2.45, 2.75) is 38.1 Å². The van der Waals surface area contributed by atoms with E-state index in [-0.39, 0.29) is 5.91 Å². The number of hydrogen-bond donors (Lipinski definition) is 2. The molecule has 1 amide bonds. The van der Waals surface area contributed by atoms with Gasteiger partial charge in [-0.05, 0) is 30.7 Å². The molecule has 1 aromatic carbocycles. The number of benzene rings is 1. The topological polar surface area (TPSA) is 58.4 Å². The predicted octanol–water partition coefficient (Wildman–Crippen LogP) is 1.72. The first-order valence-corrected chi connectivity index (χ1v) is 7.94. The molecule has 21 heavy (non-hydrogen) atoms. The van der Waals surface area contributed by atoms with Gasteiger partial charge in [0.1, 0.15) is 0 Å². The fourth-order valence-corrected chi connectivity index (χ4v) is 2.75. The normalized spacial score (nSPS) is 18.4. The maximum absolute atomic E-state index is 11.9. The SMILES string of the molecule is CC(CCNC(=O)CN1CCC(N)CC1)c1ccccc1. The zero-order valence-electron chi connectivity index (χ0n) is 12.9. The summed E-state index contributed by atoms with van der Waals surface area (Å²) in [6.45, 7) is 5.33. The number of carbonyl (C=O) groups is 1. The third-order valence-corrected chi connectivity index (χ3v) is 4.27. The molecular weight excluding hydrogens is 262 g/mol. The Balaban J connectivity index is 1.63. The van der Waals surface area contributed by atoms with Gasteiger partial charge in [-0.25, -0.2) is 0 Å². The molecule has 0 saturated carbocycles. The summed E-state index contributed by atoms with van der Waals surface area (Å²) in [5.74, 6) is 0.602. The van der Waals surface area contributed by atoms with Crippen LogP contribution in [0, 0.1) is 0 Å². The van der Waals surface area contributed by atoms with E-state index in [2.05, 4.69) is 41.4 Å². The number of nitrogens with two attached hydrogens (primary N) is 1. The van der Waals surface area contributed by atoms with Gasteiger partial charge in [0.15, 0.2) is 0 Å². The highest BCUT2D eigenvalue weighted by Gasteiger charge is 2.18. The second kappa shape index (κ2) is 8.15. The molecule has 3 N–H and O–H groups in total. The number of piperidine rings is 1. The lowest BCUT2D eigenvalue weighted by Gasteiger charge is -2.29. The van der Waals surface area contributed by atoms with Crippen molar-refractivity contribution in [3.05, 3.63) is 35.9 Å². The lowest BCUT2D eigenvalue weighted by molar-refractivity contribution is -0.122. The average Bonchev–Trinajstić information content (AvgIpc) is 2.50. The summed E-state index contributed by atoms with van der Waals surface area (Å²) < 4.78 is 0. The van der Waals surface area contributed by atoms with Gasteiger partial charge in [0.05, 0.1) is 6.54 Å². The highest BCUT2D eigenvalue weighted by Crippen LogP contribution is 2.17. The number of nitrogens with one attached hydrogen (secondary N) is 1. The van der Waals surface area contributed by atoms with Gasteiger partial charge in [0.25, 0.3) is 0 Å². The number of likely N-dealkylation sites (tertiary alicyclic amines) is 1. The zero-order chi connectivity index (χ0) is 15.1. The average molecular weight is 289 g/mol. The van der Waals surface area contributed by atoms with Gasteiger partial charge >= 0.3 is 0 Å². The Morgan fingerprint density at radius 1 is 1.33 bits per heavy atom. The van der Waals surface area contributed by atoms with E-state index in [0.717, 1.165) is 38.9 Å². The van der Waals surface area contributed by atoms with Crippen molar-refractivity contribution < 1.29 is 4.79 Å². The number of rotatable bonds is 6. The Bertz CT molecular complexity index is 427. The highest BCUT2D eigenvalue weighted by molar-refractivity contribution is 5.77. The Morgan fingerprint density at radius 3 is 2.67 bits per heavy atom. The number of hydrogen-bond acceptors (Lipinski definition) is 3. The van der Waals surface area contributed by atoms with E-state index in [1.54, 1.807) is 0 Å². The van der Waals surface area contributed by atoms with E-state index in [1.807, 2.05) is 6.07 Å². The van der Waals surface area contributed by atoms with Crippen LogP contribution in [0.15, 0.2) is 30.3 Å². The highest BCUT2D eigenvalue weighted by atomic mass is 16.2. The summed E-state index contributed by atoms with van der Waals surface area (Å²) in [6.07, 6.45) is 2.97. The molecule has 1 aliphatic heterocycles. The molecular formula is C17H27N3O. The van der Waals surface area contributed by atoms with Crippen LogP contribution < -0.4 is 11.1 Å². The fraction of sp³-hybridized carbons (Fsp3) is 0.588. The van der Waals surface area contributed by atoms with Gasteiger partial charge in [0, 0.05) is 25.7 Å².